The summed E-state index contributed by atoms with van der Waals surface area (Å²) in [5.74, 6) is -2.32. The Hall–Kier alpha value is -2.81. The zero-order valence-electron chi connectivity index (χ0n) is 16.5. The maximum absolute atomic E-state index is 13.7. The fraction of sp³-hybridized carbons (Fsp3) is 0.200. The molecule has 3 rings (SSSR count). The first-order chi connectivity index (χ1) is 13.3. The highest BCUT2D eigenvalue weighted by Gasteiger charge is 2.14. The Morgan fingerprint density at radius 1 is 0.786 bits per heavy atom. The van der Waals surface area contributed by atoms with Crippen LogP contribution in [0.4, 0.5) is 13.2 Å². The minimum absolute atomic E-state index is 0.251. The molecule has 0 bridgehead atoms. The molecule has 1 aromatic carbocycles. The predicted octanol–water partition coefficient (Wildman–Crippen LogP) is 7.68. The van der Waals surface area contributed by atoms with E-state index in [0.29, 0.717) is 18.1 Å². The largest absolute Gasteiger partial charge is 0.207 e. The van der Waals surface area contributed by atoms with Gasteiger partial charge in [-0.3, -0.25) is 0 Å². The summed E-state index contributed by atoms with van der Waals surface area (Å²) in [6.45, 7) is 8.52. The van der Waals surface area contributed by atoms with Gasteiger partial charge in [-0.15, -0.1) is 0 Å². The second-order valence-corrected chi connectivity index (χ2v) is 7.39. The van der Waals surface area contributed by atoms with Crippen molar-refractivity contribution >= 4 is 12.2 Å². The number of fused-ring (bicyclic) bond motifs is 1. The highest BCUT2D eigenvalue weighted by Crippen LogP contribution is 2.36. The summed E-state index contributed by atoms with van der Waals surface area (Å²) in [6, 6.07) is 10.00. The zero-order chi connectivity index (χ0) is 20.4. The molecule has 0 fully saturated rings. The van der Waals surface area contributed by atoms with Gasteiger partial charge in [0.1, 0.15) is 17.5 Å². The normalized spacial score (nSPS) is 12.1. The number of hydrogen-bond acceptors (Lipinski definition) is 0. The van der Waals surface area contributed by atoms with Crippen molar-refractivity contribution in [2.75, 3.05) is 0 Å². The van der Waals surface area contributed by atoms with Gasteiger partial charge in [0, 0.05) is 17.7 Å². The summed E-state index contributed by atoms with van der Waals surface area (Å²) in [6.07, 6.45) is 6.53. The van der Waals surface area contributed by atoms with Gasteiger partial charge in [-0.05, 0) is 59.2 Å². The smallest absolute Gasteiger partial charge is 0.136 e. The average molecular weight is 380 g/mol. The van der Waals surface area contributed by atoms with Crippen LogP contribution in [-0.2, 0) is 0 Å². The van der Waals surface area contributed by atoms with E-state index in [2.05, 4.69) is 52.0 Å². The molecule has 0 saturated heterocycles. The van der Waals surface area contributed by atoms with Crippen molar-refractivity contribution in [2.45, 2.75) is 33.6 Å². The molecule has 0 N–H and O–H groups in total. The lowest BCUT2D eigenvalue weighted by molar-refractivity contribution is 0.540. The van der Waals surface area contributed by atoms with E-state index in [4.69, 9.17) is 0 Å². The molecule has 0 saturated carbocycles. The van der Waals surface area contributed by atoms with Crippen molar-refractivity contribution in [1.82, 2.24) is 0 Å². The molecule has 0 aliphatic heterocycles. The third-order valence-electron chi connectivity index (χ3n) is 4.95. The minimum atomic E-state index is -0.925. The van der Waals surface area contributed by atoms with Gasteiger partial charge >= 0.3 is 0 Å². The molecule has 2 aliphatic carbocycles. The Bertz CT molecular complexity index is 1020. The Morgan fingerprint density at radius 3 is 2.07 bits per heavy atom. The Kier molecular flexibility index (Phi) is 5.73. The number of hydrogen-bond donors (Lipinski definition) is 0. The van der Waals surface area contributed by atoms with Crippen LogP contribution in [0.25, 0.3) is 23.3 Å². The standard InChI is InChI=1S/C25H23F3/c1-15(2)18-10-9-16(3)25-19(11-17(4)22(25)12-18)7-5-6-8-21-23(27)13-20(26)14-24(21)28/h5-15H,1-4H3/b7-5+,8-6+. The van der Waals surface area contributed by atoms with Crippen molar-refractivity contribution in [2.24, 2.45) is 0 Å². The van der Waals surface area contributed by atoms with Crippen LogP contribution in [0.15, 0.2) is 48.6 Å². The summed E-state index contributed by atoms with van der Waals surface area (Å²) in [5, 5.41) is 0. The van der Waals surface area contributed by atoms with Gasteiger partial charge in [0.15, 0.2) is 0 Å². The Labute approximate surface area is 164 Å². The van der Waals surface area contributed by atoms with Crippen molar-refractivity contribution < 1.29 is 13.2 Å². The fourth-order valence-corrected chi connectivity index (χ4v) is 3.40. The molecule has 0 nitrogen and oxygen atoms in total. The molecule has 3 heteroatoms. The highest BCUT2D eigenvalue weighted by molar-refractivity contribution is 5.84. The molecule has 2 aliphatic rings. The van der Waals surface area contributed by atoms with Gasteiger partial charge < -0.3 is 0 Å². The lowest BCUT2D eigenvalue weighted by atomic mass is 10.0. The van der Waals surface area contributed by atoms with Gasteiger partial charge in [0.2, 0.25) is 0 Å². The molecule has 28 heavy (non-hydrogen) atoms. The molecule has 0 amide bonds. The van der Waals surface area contributed by atoms with Gasteiger partial charge in [0.05, 0.1) is 0 Å². The lowest BCUT2D eigenvalue weighted by Crippen LogP contribution is -1.90. The summed E-state index contributed by atoms with van der Waals surface area (Å²) in [4.78, 5) is 0. The van der Waals surface area contributed by atoms with E-state index in [-0.39, 0.29) is 5.56 Å². The highest BCUT2D eigenvalue weighted by atomic mass is 19.1. The van der Waals surface area contributed by atoms with E-state index in [1.165, 1.54) is 33.9 Å². The average Bonchev–Trinajstić information content (AvgIpc) is 2.79. The number of halogens is 3. The topological polar surface area (TPSA) is 0 Å². The van der Waals surface area contributed by atoms with E-state index < -0.39 is 17.5 Å². The first-order valence-electron chi connectivity index (χ1n) is 9.31. The van der Waals surface area contributed by atoms with Crippen molar-refractivity contribution in [3.63, 3.8) is 0 Å². The van der Waals surface area contributed by atoms with E-state index in [9.17, 15) is 13.2 Å². The van der Waals surface area contributed by atoms with Crippen molar-refractivity contribution in [3.05, 3.63) is 93.8 Å². The third-order valence-corrected chi connectivity index (χ3v) is 4.95. The van der Waals surface area contributed by atoms with E-state index in [0.717, 1.165) is 5.56 Å². The van der Waals surface area contributed by atoms with Crippen LogP contribution in [0, 0.1) is 31.3 Å². The second kappa shape index (κ2) is 8.05. The fourth-order valence-electron chi connectivity index (χ4n) is 3.40. The van der Waals surface area contributed by atoms with Crippen LogP contribution in [-0.4, -0.2) is 0 Å². The van der Waals surface area contributed by atoms with Crippen LogP contribution in [0.5, 0.6) is 0 Å². The molecular formula is C25H23F3. The molecule has 0 atom stereocenters. The molecule has 1 aromatic rings. The SMILES string of the molecule is Cc1cc(/C=C/C=C/c2c(F)cc(F)cc2F)c2c(C)ccc(C(C)C)cc1-2. The molecule has 0 heterocycles. The Morgan fingerprint density at radius 2 is 1.43 bits per heavy atom. The molecule has 144 valence electrons. The van der Waals surface area contributed by atoms with Gasteiger partial charge in [-0.1, -0.05) is 56.3 Å². The van der Waals surface area contributed by atoms with Gasteiger partial charge in [-0.2, -0.15) is 0 Å². The number of aryl methyl sites for hydroxylation is 2. The molecule has 0 radical (unpaired) electrons. The Balaban J connectivity index is 1.94. The van der Waals surface area contributed by atoms with E-state index in [1.54, 1.807) is 12.2 Å². The van der Waals surface area contributed by atoms with Crippen molar-refractivity contribution in [3.8, 4) is 11.1 Å². The van der Waals surface area contributed by atoms with Crippen LogP contribution in [0.2, 0.25) is 0 Å². The minimum Gasteiger partial charge on any atom is -0.207 e. The van der Waals surface area contributed by atoms with Crippen LogP contribution < -0.4 is 0 Å². The zero-order valence-corrected chi connectivity index (χ0v) is 16.5. The van der Waals surface area contributed by atoms with E-state index >= 15 is 0 Å². The summed E-state index contributed by atoms with van der Waals surface area (Å²) >= 11 is 0. The number of allylic oxidation sites excluding steroid dienone is 2. The maximum atomic E-state index is 13.7. The molecule has 0 spiro atoms. The van der Waals surface area contributed by atoms with Gasteiger partial charge in [-0.25, -0.2) is 13.2 Å². The van der Waals surface area contributed by atoms with Crippen molar-refractivity contribution in [1.29, 1.82) is 0 Å². The first-order valence-corrected chi connectivity index (χ1v) is 9.31. The third kappa shape index (κ3) is 4.04. The van der Waals surface area contributed by atoms with Crippen LogP contribution >= 0.6 is 0 Å². The summed E-state index contributed by atoms with van der Waals surface area (Å²) in [5.41, 5.74) is 6.84. The lowest BCUT2D eigenvalue weighted by Gasteiger charge is -2.04. The van der Waals surface area contributed by atoms with E-state index in [1.807, 2.05) is 6.08 Å². The maximum Gasteiger partial charge on any atom is 0.136 e. The quantitative estimate of drug-likeness (QED) is 0.407. The summed E-state index contributed by atoms with van der Waals surface area (Å²) < 4.78 is 40.4. The molecule has 0 aromatic heterocycles. The van der Waals surface area contributed by atoms with Gasteiger partial charge in [0.25, 0.3) is 0 Å². The second-order valence-electron chi connectivity index (χ2n) is 7.39. The van der Waals surface area contributed by atoms with Crippen LogP contribution in [0.1, 0.15) is 47.6 Å². The predicted molar refractivity (Wildman–Crippen MR) is 111 cm³/mol. The monoisotopic (exact) mass is 380 g/mol. The molecule has 0 unspecified atom stereocenters. The summed E-state index contributed by atoms with van der Waals surface area (Å²) in [7, 11) is 0. The number of benzene rings is 1. The first kappa shape index (κ1) is 19.9. The number of rotatable bonds is 4. The van der Waals surface area contributed by atoms with Crippen LogP contribution in [0.3, 0.4) is 0 Å². The molecular weight excluding hydrogens is 357 g/mol.